The number of hydrogen-bond acceptors (Lipinski definition) is 2. The van der Waals surface area contributed by atoms with Crippen LogP contribution in [0, 0.1) is 5.41 Å². The summed E-state index contributed by atoms with van der Waals surface area (Å²) in [4.78, 5) is 11.7. The van der Waals surface area contributed by atoms with Crippen molar-refractivity contribution in [2.45, 2.75) is 32.1 Å². The normalized spacial score (nSPS) is 18.1. The molecule has 4 rings (SSSR count). The van der Waals surface area contributed by atoms with E-state index >= 15 is 0 Å². The molecule has 2 heteroatoms. The lowest BCUT2D eigenvalue weighted by atomic mass is 9.69. The highest BCUT2D eigenvalue weighted by Gasteiger charge is 2.44. The first-order valence-corrected chi connectivity index (χ1v) is 8.85. The summed E-state index contributed by atoms with van der Waals surface area (Å²) in [7, 11) is 1.69. The molecule has 0 amide bonds. The average molecular weight is 330 g/mol. The van der Waals surface area contributed by atoms with E-state index in [2.05, 4.69) is 42.6 Å². The zero-order valence-corrected chi connectivity index (χ0v) is 14.6. The Morgan fingerprint density at radius 3 is 2.56 bits per heavy atom. The van der Waals surface area contributed by atoms with E-state index in [9.17, 15) is 4.79 Å². The fraction of sp³-hybridized carbons (Fsp3) is 0.304. The van der Waals surface area contributed by atoms with E-state index in [0.29, 0.717) is 18.6 Å². The Morgan fingerprint density at radius 1 is 1.08 bits per heavy atom. The van der Waals surface area contributed by atoms with Gasteiger partial charge in [-0.1, -0.05) is 30.8 Å². The standard InChI is InChI=1S/C23H22O2/c1-3-22-21-14-17(16-5-4-6-20(13-16)25-2)7-8-18(21)15-23(22)11-9-19(24)10-12-23/h4-8,13-14H,1,9-12,15H2,2H3. The maximum atomic E-state index is 11.7. The number of carbonyl (C=O) groups is 1. The van der Waals surface area contributed by atoms with Crippen LogP contribution < -0.4 is 4.74 Å². The van der Waals surface area contributed by atoms with Crippen LogP contribution in [0.3, 0.4) is 0 Å². The van der Waals surface area contributed by atoms with Crippen LogP contribution in [0.5, 0.6) is 5.75 Å². The Hall–Kier alpha value is -2.57. The molecule has 0 N–H and O–H groups in total. The zero-order valence-electron chi connectivity index (χ0n) is 14.6. The van der Waals surface area contributed by atoms with Crippen LogP contribution in [0.25, 0.3) is 16.7 Å². The molecule has 1 saturated carbocycles. The van der Waals surface area contributed by atoms with Crippen molar-refractivity contribution in [2.75, 3.05) is 7.11 Å². The molecule has 1 spiro atoms. The minimum Gasteiger partial charge on any atom is -0.497 e. The van der Waals surface area contributed by atoms with Crippen molar-refractivity contribution in [1.82, 2.24) is 0 Å². The van der Waals surface area contributed by atoms with Crippen LogP contribution in [0.4, 0.5) is 0 Å². The van der Waals surface area contributed by atoms with Crippen LogP contribution in [-0.4, -0.2) is 12.9 Å². The summed E-state index contributed by atoms with van der Waals surface area (Å²) in [5.74, 6) is 1.25. The molecule has 1 fully saturated rings. The molecule has 2 aliphatic rings. The summed E-state index contributed by atoms with van der Waals surface area (Å²) < 4.78 is 5.35. The predicted molar refractivity (Wildman–Crippen MR) is 101 cm³/mol. The van der Waals surface area contributed by atoms with Gasteiger partial charge in [0.1, 0.15) is 11.5 Å². The fourth-order valence-electron chi connectivity index (χ4n) is 4.40. The zero-order chi connectivity index (χ0) is 17.4. The number of hydrogen-bond donors (Lipinski definition) is 0. The van der Waals surface area contributed by atoms with Gasteiger partial charge in [-0.2, -0.15) is 0 Å². The van der Waals surface area contributed by atoms with Gasteiger partial charge in [0.2, 0.25) is 0 Å². The highest BCUT2D eigenvalue weighted by atomic mass is 16.5. The van der Waals surface area contributed by atoms with E-state index in [1.54, 1.807) is 7.11 Å². The lowest BCUT2D eigenvalue weighted by Crippen LogP contribution is -2.27. The lowest BCUT2D eigenvalue weighted by molar-refractivity contribution is -0.121. The number of benzene rings is 2. The first-order chi connectivity index (χ1) is 12.1. The Kier molecular flexibility index (Phi) is 3.86. The maximum Gasteiger partial charge on any atom is 0.132 e. The van der Waals surface area contributed by atoms with Crippen LogP contribution in [0.15, 0.2) is 54.8 Å². The second-order valence-electron chi connectivity index (χ2n) is 7.15. The van der Waals surface area contributed by atoms with E-state index in [1.165, 1.54) is 22.3 Å². The van der Waals surface area contributed by atoms with Crippen molar-refractivity contribution in [3.05, 3.63) is 65.9 Å². The Bertz CT molecular complexity index is 890. The number of fused-ring (bicyclic) bond motifs is 1. The minimum absolute atomic E-state index is 0.0605. The van der Waals surface area contributed by atoms with E-state index < -0.39 is 0 Å². The number of ketones is 1. The quantitative estimate of drug-likeness (QED) is 0.706. The minimum atomic E-state index is 0.0605. The van der Waals surface area contributed by atoms with Crippen LogP contribution in [-0.2, 0) is 11.2 Å². The monoisotopic (exact) mass is 330 g/mol. The van der Waals surface area contributed by atoms with Gasteiger partial charge in [-0.3, -0.25) is 4.79 Å². The summed E-state index contributed by atoms with van der Waals surface area (Å²) in [6, 6.07) is 14.8. The van der Waals surface area contributed by atoms with E-state index in [1.807, 2.05) is 12.1 Å². The van der Waals surface area contributed by atoms with Crippen molar-refractivity contribution < 1.29 is 9.53 Å². The molecule has 2 aliphatic carbocycles. The van der Waals surface area contributed by atoms with Gasteiger partial charge in [0.05, 0.1) is 7.11 Å². The number of ether oxygens (including phenoxy) is 1. The highest BCUT2D eigenvalue weighted by Crippen LogP contribution is 2.54. The third-order valence-corrected chi connectivity index (χ3v) is 5.78. The smallest absolute Gasteiger partial charge is 0.132 e. The van der Waals surface area contributed by atoms with Crippen molar-refractivity contribution in [2.24, 2.45) is 5.41 Å². The van der Waals surface area contributed by atoms with Gasteiger partial charge in [-0.15, -0.1) is 5.73 Å². The van der Waals surface area contributed by atoms with E-state index in [4.69, 9.17) is 4.74 Å². The summed E-state index contributed by atoms with van der Waals surface area (Å²) in [6.45, 7) is 3.97. The summed E-state index contributed by atoms with van der Waals surface area (Å²) in [5, 5.41) is 0. The predicted octanol–water partition coefficient (Wildman–Crippen LogP) is 5.22. The van der Waals surface area contributed by atoms with Crippen molar-refractivity contribution in [3.8, 4) is 16.9 Å². The molecule has 2 aromatic carbocycles. The lowest BCUT2D eigenvalue weighted by Gasteiger charge is -2.33. The first kappa shape index (κ1) is 15.9. The molecule has 0 unspecified atom stereocenters. The third-order valence-electron chi connectivity index (χ3n) is 5.78. The van der Waals surface area contributed by atoms with Crippen LogP contribution in [0.2, 0.25) is 0 Å². The van der Waals surface area contributed by atoms with Crippen molar-refractivity contribution >= 4 is 11.4 Å². The SMILES string of the molecule is C=C=C1c2cc(-c3cccc(OC)c3)ccc2CC12CCC(=O)CC2. The Morgan fingerprint density at radius 2 is 1.84 bits per heavy atom. The second-order valence-corrected chi connectivity index (χ2v) is 7.15. The summed E-state index contributed by atoms with van der Waals surface area (Å²) in [6.07, 6.45) is 4.22. The Labute approximate surface area is 148 Å². The average Bonchev–Trinajstić information content (AvgIpc) is 2.96. The largest absolute Gasteiger partial charge is 0.497 e. The molecule has 25 heavy (non-hydrogen) atoms. The number of methoxy groups -OCH3 is 1. The molecular weight excluding hydrogens is 308 g/mol. The molecule has 0 radical (unpaired) electrons. The van der Waals surface area contributed by atoms with Gasteiger partial charge in [0.25, 0.3) is 0 Å². The highest BCUT2D eigenvalue weighted by molar-refractivity contribution is 5.85. The third kappa shape index (κ3) is 2.63. The van der Waals surface area contributed by atoms with E-state index in [0.717, 1.165) is 30.6 Å². The number of rotatable bonds is 2. The van der Waals surface area contributed by atoms with Gasteiger partial charge >= 0.3 is 0 Å². The second kappa shape index (κ2) is 6.06. The number of allylic oxidation sites excluding steroid dienone is 1. The number of Topliss-reactive ketones (excluding diaryl/α,β-unsaturated/α-hetero) is 1. The molecule has 2 nitrogen and oxygen atoms in total. The molecular formula is C23H22O2. The van der Waals surface area contributed by atoms with Gasteiger partial charge in [0.15, 0.2) is 0 Å². The van der Waals surface area contributed by atoms with Gasteiger partial charge in [0, 0.05) is 23.8 Å². The van der Waals surface area contributed by atoms with Crippen LogP contribution >= 0.6 is 0 Å². The molecule has 0 saturated heterocycles. The van der Waals surface area contributed by atoms with Gasteiger partial charge in [-0.05, 0) is 59.7 Å². The molecule has 0 atom stereocenters. The topological polar surface area (TPSA) is 26.3 Å². The summed E-state index contributed by atoms with van der Waals surface area (Å²) >= 11 is 0. The van der Waals surface area contributed by atoms with Crippen molar-refractivity contribution in [1.29, 1.82) is 0 Å². The molecule has 0 bridgehead atoms. The molecule has 2 aromatic rings. The van der Waals surface area contributed by atoms with Crippen LogP contribution in [0.1, 0.15) is 36.8 Å². The molecule has 0 aromatic heterocycles. The maximum absolute atomic E-state index is 11.7. The molecule has 126 valence electrons. The Balaban J connectivity index is 1.75. The fourth-order valence-corrected chi connectivity index (χ4v) is 4.40. The summed E-state index contributed by atoms with van der Waals surface area (Å²) in [5.41, 5.74) is 9.42. The van der Waals surface area contributed by atoms with Crippen molar-refractivity contribution in [3.63, 3.8) is 0 Å². The number of carbonyl (C=O) groups excluding carboxylic acids is 1. The van der Waals surface area contributed by atoms with Gasteiger partial charge in [-0.25, -0.2) is 0 Å². The van der Waals surface area contributed by atoms with Gasteiger partial charge < -0.3 is 4.74 Å². The molecule has 0 heterocycles. The first-order valence-electron chi connectivity index (χ1n) is 8.85. The van der Waals surface area contributed by atoms with E-state index in [-0.39, 0.29) is 5.41 Å². The molecule has 0 aliphatic heterocycles.